The molecule has 1 amide bonds. The summed E-state index contributed by atoms with van der Waals surface area (Å²) in [6.45, 7) is 3.13. The van der Waals surface area contributed by atoms with Gasteiger partial charge in [-0.1, -0.05) is 127 Å². The lowest BCUT2D eigenvalue weighted by atomic mass is 9.99. The third kappa shape index (κ3) is 12.9. The molecule has 0 aliphatic rings. The van der Waals surface area contributed by atoms with Gasteiger partial charge in [-0.25, -0.2) is 0 Å². The van der Waals surface area contributed by atoms with Gasteiger partial charge >= 0.3 is 0 Å². The average molecular weight is 824 g/mol. The molecule has 0 unspecified atom stereocenters. The average Bonchev–Trinajstić information content (AvgIpc) is 4.03. The predicted octanol–water partition coefficient (Wildman–Crippen LogP) is 10.6. The zero-order valence-electron chi connectivity index (χ0n) is 35.0. The van der Waals surface area contributed by atoms with Crippen LogP contribution in [0.2, 0.25) is 0 Å². The molecule has 11 heteroatoms. The lowest BCUT2D eigenvalue weighted by molar-refractivity contribution is 0.0953. The third-order valence-corrected chi connectivity index (χ3v) is 10.4. The Bertz CT molecular complexity index is 2510. The van der Waals surface area contributed by atoms with Gasteiger partial charge in [-0.15, -0.1) is 10.2 Å². The Balaban J connectivity index is 0.000000187. The number of nitrogens with zero attached hydrogens (tertiary/aromatic N) is 8. The van der Waals surface area contributed by atoms with E-state index in [0.717, 1.165) is 116 Å². The van der Waals surface area contributed by atoms with E-state index in [1.807, 2.05) is 125 Å². The highest BCUT2D eigenvalue weighted by Crippen LogP contribution is 2.30. The van der Waals surface area contributed by atoms with Crippen molar-refractivity contribution in [2.45, 2.75) is 64.5 Å². The van der Waals surface area contributed by atoms with Gasteiger partial charge in [0.2, 0.25) is 0 Å². The minimum Gasteiger partial charge on any atom is -0.493 e. The van der Waals surface area contributed by atoms with E-state index in [-0.39, 0.29) is 5.91 Å². The molecule has 8 rings (SSSR count). The number of benzene rings is 4. The molecule has 0 fully saturated rings. The number of carbonyl (C=O) groups excluding carboxylic acids is 1. The Morgan fingerprint density at radius 3 is 1.60 bits per heavy atom. The van der Waals surface area contributed by atoms with Gasteiger partial charge < -0.3 is 10.1 Å². The summed E-state index contributed by atoms with van der Waals surface area (Å²) in [6.07, 6.45) is 19.6. The van der Waals surface area contributed by atoms with E-state index in [2.05, 4.69) is 72.3 Å². The topological polar surface area (TPSA) is 126 Å². The number of carbonyl (C=O) groups is 1. The fraction of sp³-hybridized carbons (Fsp3) is 0.235. The summed E-state index contributed by atoms with van der Waals surface area (Å²) < 4.78 is 9.87. The van der Waals surface area contributed by atoms with Crippen molar-refractivity contribution in [1.29, 1.82) is 0 Å². The first-order valence-corrected chi connectivity index (χ1v) is 21.5. The Labute approximate surface area is 363 Å². The number of aromatic nitrogens is 8. The first-order chi connectivity index (χ1) is 30.7. The summed E-state index contributed by atoms with van der Waals surface area (Å²) in [7, 11) is 0. The van der Waals surface area contributed by atoms with Gasteiger partial charge in [-0.05, 0) is 85.2 Å². The Kier molecular flexibility index (Phi) is 16.2. The second-order valence-electron chi connectivity index (χ2n) is 14.9. The van der Waals surface area contributed by atoms with Crippen molar-refractivity contribution in [3.63, 3.8) is 0 Å². The van der Waals surface area contributed by atoms with Crippen LogP contribution in [0.1, 0.15) is 61.7 Å². The summed E-state index contributed by atoms with van der Waals surface area (Å²) in [4.78, 5) is 20.9. The largest absolute Gasteiger partial charge is 0.493 e. The van der Waals surface area contributed by atoms with Gasteiger partial charge in [0, 0.05) is 66.7 Å². The van der Waals surface area contributed by atoms with E-state index in [0.29, 0.717) is 12.1 Å². The van der Waals surface area contributed by atoms with Crippen LogP contribution >= 0.6 is 0 Å². The maximum absolute atomic E-state index is 12.7. The molecular formula is C51H53N9O2. The standard InChI is InChI=1S/C26H27N5O.C25H26N4O/c32-26(24-15-7-6-14-23(24)21-11-4-3-5-12-21)28-17-8-1-2-9-18-31-20-25(29-30-31)22-13-10-16-27-19-22;1(8-17-29-20-24(27-28-29)22-13-10-16-26-19-22)2-9-18-30-25-15-7-6-14-23(25)21-11-4-3-5-12-21/h3-7,10-16,19-20H,1-2,8-9,17-18H2,(H,28,32);3-7,10-16,19-20H,1-2,8-9,17-18H2. The van der Waals surface area contributed by atoms with Crippen molar-refractivity contribution < 1.29 is 9.53 Å². The van der Waals surface area contributed by atoms with Gasteiger partial charge in [0.1, 0.15) is 17.1 Å². The van der Waals surface area contributed by atoms with E-state index in [4.69, 9.17) is 4.74 Å². The van der Waals surface area contributed by atoms with Crippen molar-refractivity contribution in [1.82, 2.24) is 45.3 Å². The molecule has 62 heavy (non-hydrogen) atoms. The van der Waals surface area contributed by atoms with Crippen LogP contribution in [0.4, 0.5) is 0 Å². The van der Waals surface area contributed by atoms with E-state index < -0.39 is 0 Å². The number of rotatable bonds is 20. The van der Waals surface area contributed by atoms with Crippen molar-refractivity contribution >= 4 is 5.91 Å². The van der Waals surface area contributed by atoms with E-state index >= 15 is 0 Å². The predicted molar refractivity (Wildman–Crippen MR) is 245 cm³/mol. The number of ether oxygens (including phenoxy) is 1. The highest BCUT2D eigenvalue weighted by Gasteiger charge is 2.12. The molecule has 4 aromatic carbocycles. The van der Waals surface area contributed by atoms with Gasteiger partial charge in [0.25, 0.3) is 5.91 Å². The van der Waals surface area contributed by atoms with Crippen LogP contribution in [0.5, 0.6) is 5.75 Å². The number of para-hydroxylation sites is 1. The Morgan fingerprint density at radius 2 is 1.00 bits per heavy atom. The molecule has 0 saturated carbocycles. The van der Waals surface area contributed by atoms with Crippen LogP contribution in [-0.4, -0.2) is 59.0 Å². The van der Waals surface area contributed by atoms with Gasteiger partial charge in [0.15, 0.2) is 0 Å². The van der Waals surface area contributed by atoms with Gasteiger partial charge in [-0.3, -0.25) is 24.1 Å². The summed E-state index contributed by atoms with van der Waals surface area (Å²) in [6, 6.07) is 44.2. The van der Waals surface area contributed by atoms with Crippen LogP contribution in [-0.2, 0) is 13.1 Å². The summed E-state index contributed by atoms with van der Waals surface area (Å²) in [5.74, 6) is 0.934. The van der Waals surface area contributed by atoms with Crippen LogP contribution in [0.15, 0.2) is 171 Å². The van der Waals surface area contributed by atoms with E-state index in [1.165, 1.54) is 5.56 Å². The first kappa shape index (κ1) is 42.8. The molecule has 8 aromatic rings. The fourth-order valence-electron chi connectivity index (χ4n) is 7.07. The second kappa shape index (κ2) is 23.5. The maximum Gasteiger partial charge on any atom is 0.251 e. The van der Waals surface area contributed by atoms with Crippen LogP contribution in [0, 0.1) is 0 Å². The van der Waals surface area contributed by atoms with Crippen LogP contribution in [0.25, 0.3) is 44.8 Å². The summed E-state index contributed by atoms with van der Waals surface area (Å²) in [5.41, 5.74) is 8.75. The number of hydrogen-bond donors (Lipinski definition) is 1. The third-order valence-electron chi connectivity index (χ3n) is 10.4. The summed E-state index contributed by atoms with van der Waals surface area (Å²) in [5, 5.41) is 19.9. The lowest BCUT2D eigenvalue weighted by Gasteiger charge is -2.11. The Morgan fingerprint density at radius 1 is 0.500 bits per heavy atom. The molecule has 4 heterocycles. The minimum atomic E-state index is -0.0185. The highest BCUT2D eigenvalue weighted by atomic mass is 16.5. The van der Waals surface area contributed by atoms with Gasteiger partial charge in [0.05, 0.1) is 19.0 Å². The number of hydrogen-bond acceptors (Lipinski definition) is 8. The Hall–Kier alpha value is -7.27. The molecule has 0 atom stereocenters. The zero-order valence-corrected chi connectivity index (χ0v) is 35.0. The molecule has 0 aliphatic heterocycles. The molecule has 0 radical (unpaired) electrons. The number of unbranched alkanes of at least 4 members (excludes halogenated alkanes) is 6. The van der Waals surface area contributed by atoms with Gasteiger partial charge in [-0.2, -0.15) is 0 Å². The van der Waals surface area contributed by atoms with Crippen molar-refractivity contribution in [2.24, 2.45) is 0 Å². The molecule has 0 spiro atoms. The van der Waals surface area contributed by atoms with E-state index in [9.17, 15) is 4.79 Å². The number of pyridine rings is 2. The molecular weight excluding hydrogens is 771 g/mol. The number of nitrogens with one attached hydrogen (secondary N) is 1. The number of aryl methyl sites for hydroxylation is 2. The minimum absolute atomic E-state index is 0.0185. The molecule has 1 N–H and O–H groups in total. The second-order valence-corrected chi connectivity index (χ2v) is 14.9. The lowest BCUT2D eigenvalue weighted by Crippen LogP contribution is -2.25. The first-order valence-electron chi connectivity index (χ1n) is 21.5. The molecule has 0 saturated heterocycles. The molecule has 0 aliphatic carbocycles. The zero-order chi connectivity index (χ0) is 42.4. The van der Waals surface area contributed by atoms with Crippen LogP contribution < -0.4 is 10.1 Å². The maximum atomic E-state index is 12.7. The highest BCUT2D eigenvalue weighted by molar-refractivity contribution is 6.00. The monoisotopic (exact) mass is 823 g/mol. The fourth-order valence-corrected chi connectivity index (χ4v) is 7.07. The quantitative estimate of drug-likeness (QED) is 0.0753. The molecule has 4 aromatic heterocycles. The smallest absolute Gasteiger partial charge is 0.251 e. The van der Waals surface area contributed by atoms with Crippen molar-refractivity contribution in [3.8, 4) is 50.5 Å². The molecule has 0 bridgehead atoms. The van der Waals surface area contributed by atoms with E-state index in [1.54, 1.807) is 18.6 Å². The van der Waals surface area contributed by atoms with Crippen molar-refractivity contribution in [3.05, 3.63) is 176 Å². The molecule has 314 valence electrons. The SMILES string of the molecule is O=C(NCCCCCCn1cc(-c2cccnc2)nn1)c1ccccc1-c1ccccc1.c1ccc(-c2ccccc2OCCCCCCn2cc(-c3cccnc3)nn2)cc1. The molecule has 11 nitrogen and oxygen atoms in total. The summed E-state index contributed by atoms with van der Waals surface area (Å²) >= 11 is 0. The normalized spacial score (nSPS) is 10.8. The van der Waals surface area contributed by atoms with Crippen LogP contribution in [0.3, 0.4) is 0 Å². The van der Waals surface area contributed by atoms with Crippen molar-refractivity contribution in [2.75, 3.05) is 13.2 Å². The number of amides is 1.